The molecular formula is C15H27N3O4. The molecule has 2 fully saturated rings. The van der Waals surface area contributed by atoms with Crippen LogP contribution in [0.4, 0.5) is 0 Å². The molecule has 0 saturated carbocycles. The monoisotopic (exact) mass is 313 g/mol. The van der Waals surface area contributed by atoms with E-state index in [1.165, 1.54) is 0 Å². The van der Waals surface area contributed by atoms with E-state index in [1.54, 1.807) is 0 Å². The number of hydrogen-bond donors (Lipinski definition) is 1. The number of morpholine rings is 1. The molecule has 2 aliphatic heterocycles. The number of carbonyl (C=O) groups excluding carboxylic acids is 1. The number of nitrogens with zero attached hydrogens (tertiary/aromatic N) is 3. The van der Waals surface area contributed by atoms with Crippen molar-refractivity contribution >= 4 is 11.9 Å². The zero-order valence-electron chi connectivity index (χ0n) is 13.2. The first-order valence-electron chi connectivity index (χ1n) is 8.17. The summed E-state index contributed by atoms with van der Waals surface area (Å²) in [5.41, 5.74) is 0. The Morgan fingerprint density at radius 2 is 1.45 bits per heavy atom. The average molecular weight is 313 g/mol. The average Bonchev–Trinajstić information content (AvgIpc) is 2.54. The van der Waals surface area contributed by atoms with Crippen LogP contribution in [0, 0.1) is 0 Å². The minimum atomic E-state index is -0.833. The number of carboxylic acids is 1. The van der Waals surface area contributed by atoms with E-state index in [2.05, 4.69) is 9.80 Å². The van der Waals surface area contributed by atoms with Crippen LogP contribution in [-0.4, -0.2) is 97.3 Å². The largest absolute Gasteiger partial charge is 0.481 e. The van der Waals surface area contributed by atoms with Gasteiger partial charge in [-0.2, -0.15) is 0 Å². The zero-order chi connectivity index (χ0) is 15.8. The van der Waals surface area contributed by atoms with Crippen LogP contribution < -0.4 is 0 Å². The fourth-order valence-electron chi connectivity index (χ4n) is 2.88. The Hall–Kier alpha value is -1.18. The molecule has 2 saturated heterocycles. The molecule has 2 heterocycles. The van der Waals surface area contributed by atoms with Gasteiger partial charge >= 0.3 is 5.97 Å². The number of piperazine rings is 1. The van der Waals surface area contributed by atoms with Gasteiger partial charge in [0, 0.05) is 65.2 Å². The molecule has 0 aromatic carbocycles. The molecular weight excluding hydrogens is 286 g/mol. The van der Waals surface area contributed by atoms with E-state index in [4.69, 9.17) is 9.84 Å². The van der Waals surface area contributed by atoms with Crippen LogP contribution in [0.3, 0.4) is 0 Å². The van der Waals surface area contributed by atoms with Gasteiger partial charge < -0.3 is 14.7 Å². The number of aliphatic carboxylic acids is 1. The molecule has 1 amide bonds. The first kappa shape index (κ1) is 17.2. The number of hydrogen-bond acceptors (Lipinski definition) is 5. The van der Waals surface area contributed by atoms with Gasteiger partial charge in [-0.25, -0.2) is 0 Å². The van der Waals surface area contributed by atoms with Crippen molar-refractivity contribution in [2.75, 3.05) is 65.6 Å². The van der Waals surface area contributed by atoms with Crippen LogP contribution in [0.5, 0.6) is 0 Å². The van der Waals surface area contributed by atoms with Gasteiger partial charge in [0.2, 0.25) is 5.91 Å². The Balaban J connectivity index is 1.58. The molecule has 0 unspecified atom stereocenters. The summed E-state index contributed by atoms with van der Waals surface area (Å²) in [5, 5.41) is 8.59. The van der Waals surface area contributed by atoms with Crippen molar-refractivity contribution < 1.29 is 19.4 Å². The molecule has 2 rings (SSSR count). The fourth-order valence-corrected chi connectivity index (χ4v) is 2.88. The van der Waals surface area contributed by atoms with Crippen LogP contribution >= 0.6 is 0 Å². The molecule has 0 aromatic heterocycles. The molecule has 22 heavy (non-hydrogen) atoms. The van der Waals surface area contributed by atoms with Crippen LogP contribution in [-0.2, 0) is 14.3 Å². The topological polar surface area (TPSA) is 73.3 Å². The SMILES string of the molecule is O=C(O)CCCC(=O)N1CCN(CCN2CCOCC2)CC1. The highest BCUT2D eigenvalue weighted by atomic mass is 16.5. The smallest absolute Gasteiger partial charge is 0.303 e. The van der Waals surface area contributed by atoms with E-state index < -0.39 is 5.97 Å². The molecule has 7 nitrogen and oxygen atoms in total. The van der Waals surface area contributed by atoms with Gasteiger partial charge in [-0.15, -0.1) is 0 Å². The molecule has 0 radical (unpaired) electrons. The van der Waals surface area contributed by atoms with Crippen molar-refractivity contribution in [3.05, 3.63) is 0 Å². The summed E-state index contributed by atoms with van der Waals surface area (Å²) >= 11 is 0. The third-order valence-electron chi connectivity index (χ3n) is 4.34. The molecule has 2 aliphatic rings. The van der Waals surface area contributed by atoms with Gasteiger partial charge in [0.05, 0.1) is 13.2 Å². The second kappa shape index (κ2) is 9.07. The molecule has 1 N–H and O–H groups in total. The van der Waals surface area contributed by atoms with Crippen LogP contribution in [0.2, 0.25) is 0 Å². The highest BCUT2D eigenvalue weighted by Crippen LogP contribution is 2.07. The van der Waals surface area contributed by atoms with Gasteiger partial charge in [-0.3, -0.25) is 19.4 Å². The minimum absolute atomic E-state index is 0.0747. The maximum atomic E-state index is 12.0. The molecule has 0 atom stereocenters. The lowest BCUT2D eigenvalue weighted by atomic mass is 10.2. The van der Waals surface area contributed by atoms with Gasteiger partial charge in [-0.05, 0) is 6.42 Å². The van der Waals surface area contributed by atoms with Crippen molar-refractivity contribution in [3.63, 3.8) is 0 Å². The van der Waals surface area contributed by atoms with Crippen LogP contribution in [0.15, 0.2) is 0 Å². The molecule has 0 spiro atoms. The number of amides is 1. The first-order chi connectivity index (χ1) is 10.6. The van der Waals surface area contributed by atoms with E-state index in [1.807, 2.05) is 4.90 Å². The summed E-state index contributed by atoms with van der Waals surface area (Å²) in [6.45, 7) is 9.15. The van der Waals surface area contributed by atoms with E-state index in [0.717, 1.165) is 65.6 Å². The Labute approximate surface area is 131 Å². The highest BCUT2D eigenvalue weighted by molar-refractivity contribution is 5.77. The first-order valence-corrected chi connectivity index (χ1v) is 8.17. The number of carboxylic acid groups (broad SMARTS) is 1. The maximum absolute atomic E-state index is 12.0. The summed E-state index contributed by atoms with van der Waals surface area (Å²) < 4.78 is 5.34. The fraction of sp³-hybridized carbons (Fsp3) is 0.867. The lowest BCUT2D eigenvalue weighted by Gasteiger charge is -2.36. The number of rotatable bonds is 7. The minimum Gasteiger partial charge on any atom is -0.481 e. The highest BCUT2D eigenvalue weighted by Gasteiger charge is 2.21. The molecule has 126 valence electrons. The Morgan fingerprint density at radius 3 is 2.05 bits per heavy atom. The van der Waals surface area contributed by atoms with Crippen molar-refractivity contribution in [1.82, 2.24) is 14.7 Å². The third kappa shape index (κ3) is 5.90. The van der Waals surface area contributed by atoms with Gasteiger partial charge in [0.25, 0.3) is 0 Å². The molecule has 0 aromatic rings. The second-order valence-electron chi connectivity index (χ2n) is 5.92. The van der Waals surface area contributed by atoms with E-state index in [0.29, 0.717) is 12.8 Å². The van der Waals surface area contributed by atoms with E-state index >= 15 is 0 Å². The van der Waals surface area contributed by atoms with E-state index in [9.17, 15) is 9.59 Å². The zero-order valence-corrected chi connectivity index (χ0v) is 13.2. The standard InChI is InChI=1S/C15H27N3O4/c19-14(2-1-3-15(20)21)18-8-6-16(7-9-18)4-5-17-10-12-22-13-11-17/h1-13H2,(H,20,21). The maximum Gasteiger partial charge on any atom is 0.303 e. The summed E-state index contributed by atoms with van der Waals surface area (Å²) in [4.78, 5) is 29.1. The summed E-state index contributed by atoms with van der Waals surface area (Å²) in [5.74, 6) is -0.741. The van der Waals surface area contributed by atoms with Crippen molar-refractivity contribution in [3.8, 4) is 0 Å². The molecule has 7 heteroatoms. The molecule has 0 aliphatic carbocycles. The van der Waals surface area contributed by atoms with Gasteiger partial charge in [-0.1, -0.05) is 0 Å². The normalized spacial score (nSPS) is 21.0. The lowest BCUT2D eigenvalue weighted by molar-refractivity contribution is -0.137. The number of carbonyl (C=O) groups is 2. The lowest BCUT2D eigenvalue weighted by Crippen LogP contribution is -2.50. The number of ether oxygens (including phenoxy) is 1. The summed E-state index contributed by atoms with van der Waals surface area (Å²) in [6.07, 6.45) is 0.858. The summed E-state index contributed by atoms with van der Waals surface area (Å²) in [6, 6.07) is 0. The van der Waals surface area contributed by atoms with Gasteiger partial charge in [0.1, 0.15) is 0 Å². The predicted molar refractivity (Wildman–Crippen MR) is 81.8 cm³/mol. The predicted octanol–water partition coefficient (Wildman–Crippen LogP) is -0.282. The Kier molecular flexibility index (Phi) is 7.08. The van der Waals surface area contributed by atoms with Crippen molar-refractivity contribution in [2.45, 2.75) is 19.3 Å². The Morgan fingerprint density at radius 1 is 0.864 bits per heavy atom. The van der Waals surface area contributed by atoms with Crippen molar-refractivity contribution in [2.24, 2.45) is 0 Å². The van der Waals surface area contributed by atoms with Gasteiger partial charge in [0.15, 0.2) is 0 Å². The van der Waals surface area contributed by atoms with E-state index in [-0.39, 0.29) is 12.3 Å². The van der Waals surface area contributed by atoms with Crippen LogP contribution in [0.25, 0.3) is 0 Å². The second-order valence-corrected chi connectivity index (χ2v) is 5.92. The quantitative estimate of drug-likeness (QED) is 0.697. The molecule has 0 bridgehead atoms. The van der Waals surface area contributed by atoms with Crippen LogP contribution in [0.1, 0.15) is 19.3 Å². The Bertz CT molecular complexity index is 364. The summed E-state index contributed by atoms with van der Waals surface area (Å²) in [7, 11) is 0. The third-order valence-corrected chi connectivity index (χ3v) is 4.34. The van der Waals surface area contributed by atoms with Crippen molar-refractivity contribution in [1.29, 1.82) is 0 Å².